The number of non-ortho nitro benzene ring substituents is 1. The van der Waals surface area contributed by atoms with Crippen LogP contribution in [-0.4, -0.2) is 59.8 Å². The van der Waals surface area contributed by atoms with Gasteiger partial charge in [-0.3, -0.25) is 28.5 Å². The minimum absolute atomic E-state index is 0.0240. The molecule has 0 unspecified atom stereocenters. The third kappa shape index (κ3) is 7.67. The summed E-state index contributed by atoms with van der Waals surface area (Å²) in [5.74, 6) is 0.530. The molecule has 6 aromatic rings. The Kier molecular flexibility index (Phi) is 10.5. The van der Waals surface area contributed by atoms with Crippen molar-refractivity contribution in [2.45, 2.75) is 25.7 Å². The van der Waals surface area contributed by atoms with Crippen LogP contribution in [0.1, 0.15) is 33.9 Å². The highest BCUT2D eigenvalue weighted by atomic mass is 35.5. The van der Waals surface area contributed by atoms with E-state index in [4.69, 9.17) is 33.7 Å². The van der Waals surface area contributed by atoms with Crippen molar-refractivity contribution >= 4 is 57.8 Å². The third-order valence-corrected chi connectivity index (χ3v) is 7.90. The predicted molar refractivity (Wildman–Crippen MR) is 177 cm³/mol. The molecule has 0 atom stereocenters. The van der Waals surface area contributed by atoms with Gasteiger partial charge in [0.15, 0.2) is 0 Å². The molecule has 0 spiro atoms. The maximum Gasteiger partial charge on any atom is 0.310 e. The van der Waals surface area contributed by atoms with Crippen molar-refractivity contribution in [3.8, 4) is 0 Å². The van der Waals surface area contributed by atoms with Gasteiger partial charge in [-0.1, -0.05) is 47.5 Å². The zero-order valence-corrected chi connectivity index (χ0v) is 27.2. The van der Waals surface area contributed by atoms with Crippen LogP contribution in [0.5, 0.6) is 0 Å². The van der Waals surface area contributed by atoms with E-state index in [-0.39, 0.29) is 34.8 Å². The van der Waals surface area contributed by atoms with Crippen LogP contribution in [0.15, 0.2) is 73.3 Å². The lowest BCUT2D eigenvalue weighted by Gasteiger charge is -2.10. The second-order valence-corrected chi connectivity index (χ2v) is 11.1. The highest BCUT2D eigenvalue weighted by Gasteiger charge is 2.19. The predicted octanol–water partition coefficient (Wildman–Crippen LogP) is 4.87. The zero-order chi connectivity index (χ0) is 34.4. The Morgan fingerprint density at radius 3 is 1.58 bits per heavy atom. The van der Waals surface area contributed by atoms with E-state index in [9.17, 15) is 19.7 Å². The van der Waals surface area contributed by atoms with Crippen molar-refractivity contribution in [3.05, 3.63) is 128 Å². The molecule has 4 aromatic heterocycles. The smallest absolute Gasteiger partial charge is 0.310 e. The van der Waals surface area contributed by atoms with Crippen molar-refractivity contribution in [1.82, 2.24) is 28.7 Å². The molecular formula is C32H28Cl2N8O6. The van der Waals surface area contributed by atoms with Crippen molar-refractivity contribution < 1.29 is 24.0 Å². The van der Waals surface area contributed by atoms with E-state index in [0.717, 1.165) is 17.0 Å². The average Bonchev–Trinajstić information content (AvgIpc) is 3.77. The number of halogens is 2. The highest BCUT2D eigenvalue weighted by molar-refractivity contribution is 6.31. The number of nitrogen functional groups attached to an aromatic ring is 1. The number of nitrogens with zero attached hydrogens (tertiary/aromatic N) is 7. The van der Waals surface area contributed by atoms with Gasteiger partial charge in [0.25, 0.3) is 5.69 Å². The van der Waals surface area contributed by atoms with E-state index in [2.05, 4.69) is 24.7 Å². The number of methoxy groups -OCH3 is 2. The van der Waals surface area contributed by atoms with Crippen molar-refractivity contribution in [1.29, 1.82) is 0 Å². The number of esters is 2. The van der Waals surface area contributed by atoms with Crippen molar-refractivity contribution in [2.24, 2.45) is 0 Å². The van der Waals surface area contributed by atoms with Gasteiger partial charge in [-0.05, 0) is 23.3 Å². The third-order valence-electron chi connectivity index (χ3n) is 7.28. The van der Waals surface area contributed by atoms with Gasteiger partial charge in [-0.15, -0.1) is 0 Å². The number of fused-ring (bicyclic) bond motifs is 2. The SMILES string of the molecule is COC(=O)Cc1c(Cl)nc(Cc2ccc(N)cc2)n2ccnc12.COC(=O)Cc1c(Cl)nc(Cc2ccc([N+](=O)[O-])cc2)n2ccnc12. The van der Waals surface area contributed by atoms with E-state index in [0.29, 0.717) is 46.8 Å². The summed E-state index contributed by atoms with van der Waals surface area (Å²) in [6, 6.07) is 13.8. The van der Waals surface area contributed by atoms with Crippen LogP contribution in [0.25, 0.3) is 11.3 Å². The van der Waals surface area contributed by atoms with E-state index < -0.39 is 10.9 Å². The molecule has 14 nitrogen and oxygen atoms in total. The molecule has 246 valence electrons. The van der Waals surface area contributed by atoms with Gasteiger partial charge in [0.05, 0.1) is 32.0 Å². The van der Waals surface area contributed by atoms with Gasteiger partial charge in [-0.25, -0.2) is 19.9 Å². The quantitative estimate of drug-likeness (QED) is 0.0718. The number of nitrogens with two attached hydrogens (primary N) is 1. The van der Waals surface area contributed by atoms with Crippen LogP contribution in [0, 0.1) is 10.1 Å². The topological polar surface area (TPSA) is 182 Å². The van der Waals surface area contributed by atoms with Crippen LogP contribution >= 0.6 is 23.2 Å². The molecule has 48 heavy (non-hydrogen) atoms. The maximum atomic E-state index is 11.6. The fourth-order valence-electron chi connectivity index (χ4n) is 4.85. The molecular weight excluding hydrogens is 663 g/mol. The van der Waals surface area contributed by atoms with Crippen LogP contribution in [-0.2, 0) is 44.7 Å². The first kappa shape index (κ1) is 33.8. The van der Waals surface area contributed by atoms with Crippen molar-refractivity contribution in [2.75, 3.05) is 20.0 Å². The first-order chi connectivity index (χ1) is 23.1. The number of hydrogen-bond donors (Lipinski definition) is 1. The van der Waals surface area contributed by atoms with Gasteiger partial charge >= 0.3 is 11.9 Å². The van der Waals surface area contributed by atoms with Gasteiger partial charge in [0.2, 0.25) is 0 Å². The Bertz CT molecular complexity index is 2110. The van der Waals surface area contributed by atoms with E-state index in [1.807, 2.05) is 28.7 Å². The van der Waals surface area contributed by atoms with Crippen LogP contribution < -0.4 is 5.73 Å². The molecule has 0 radical (unpaired) electrons. The summed E-state index contributed by atoms with van der Waals surface area (Å²) in [6.45, 7) is 0. The second-order valence-electron chi connectivity index (χ2n) is 10.4. The average molecular weight is 692 g/mol. The number of aromatic nitrogens is 6. The first-order valence-corrected chi connectivity index (χ1v) is 15.1. The summed E-state index contributed by atoms with van der Waals surface area (Å²) < 4.78 is 12.9. The molecule has 0 fully saturated rings. The number of rotatable bonds is 9. The Morgan fingerprint density at radius 1 is 0.771 bits per heavy atom. The number of anilines is 1. The second kappa shape index (κ2) is 14.9. The number of benzene rings is 2. The van der Waals surface area contributed by atoms with Gasteiger partial charge in [-0.2, -0.15) is 0 Å². The summed E-state index contributed by atoms with van der Waals surface area (Å²) in [4.78, 5) is 50.7. The summed E-state index contributed by atoms with van der Waals surface area (Å²) in [6.07, 6.45) is 7.75. The van der Waals surface area contributed by atoms with Crippen LogP contribution in [0.4, 0.5) is 11.4 Å². The molecule has 2 aromatic carbocycles. The Morgan fingerprint density at radius 2 is 1.19 bits per heavy atom. The summed E-state index contributed by atoms with van der Waals surface area (Å²) in [7, 11) is 2.64. The number of hydrogen-bond acceptors (Lipinski definition) is 11. The number of nitro groups is 1. The minimum atomic E-state index is -0.450. The standard InChI is InChI=1S/C16H13ClN4O4.C16H15ClN4O2/c1-25-14(22)9-12-15(17)19-13(20-7-6-18-16(12)20)8-10-2-4-11(5-3-10)21(23)24;1-23-14(22)9-12-15(17)20-13(21-7-6-19-16(12)21)8-10-2-4-11(18)5-3-10/h2-7H,8-9H2,1H3;2-7H,8-9,18H2,1H3. The molecule has 16 heteroatoms. The normalized spacial score (nSPS) is 10.8. The fourth-order valence-corrected chi connectivity index (χ4v) is 5.34. The summed E-state index contributed by atoms with van der Waals surface area (Å²) in [5.41, 5.74) is 10.5. The number of carbonyl (C=O) groups is 2. The Hall–Kier alpha value is -5.60. The van der Waals surface area contributed by atoms with Crippen LogP contribution in [0.3, 0.4) is 0 Å². The molecule has 0 saturated carbocycles. The van der Waals surface area contributed by atoms with E-state index in [1.54, 1.807) is 41.3 Å². The molecule has 2 N–H and O–H groups in total. The molecule has 0 amide bonds. The number of imidazole rings is 2. The summed E-state index contributed by atoms with van der Waals surface area (Å²) in [5, 5.41) is 11.2. The largest absolute Gasteiger partial charge is 0.469 e. The molecule has 0 saturated heterocycles. The monoisotopic (exact) mass is 690 g/mol. The Balaban J connectivity index is 0.000000188. The van der Waals surface area contributed by atoms with Gasteiger partial charge in [0, 0.05) is 66.6 Å². The summed E-state index contributed by atoms with van der Waals surface area (Å²) >= 11 is 12.5. The van der Waals surface area contributed by atoms with Crippen molar-refractivity contribution in [3.63, 3.8) is 0 Å². The molecule has 6 rings (SSSR count). The maximum absolute atomic E-state index is 11.6. The molecule has 0 bridgehead atoms. The van der Waals surface area contributed by atoms with E-state index >= 15 is 0 Å². The minimum Gasteiger partial charge on any atom is -0.469 e. The fraction of sp³-hybridized carbons (Fsp3) is 0.188. The molecule has 0 aliphatic heterocycles. The van der Waals surface area contributed by atoms with Gasteiger partial charge < -0.3 is 15.2 Å². The van der Waals surface area contributed by atoms with Gasteiger partial charge in [0.1, 0.15) is 33.2 Å². The number of carbonyl (C=O) groups excluding carboxylic acids is 2. The Labute approximate surface area is 283 Å². The molecule has 0 aliphatic rings. The molecule has 4 heterocycles. The lowest BCUT2D eigenvalue weighted by molar-refractivity contribution is -0.384. The first-order valence-electron chi connectivity index (χ1n) is 14.3. The lowest BCUT2D eigenvalue weighted by Crippen LogP contribution is -2.10. The number of ether oxygens (including phenoxy) is 2. The van der Waals surface area contributed by atoms with E-state index in [1.165, 1.54) is 26.4 Å². The van der Waals surface area contributed by atoms with Crippen LogP contribution in [0.2, 0.25) is 10.3 Å². The molecule has 0 aliphatic carbocycles. The lowest BCUT2D eigenvalue weighted by atomic mass is 10.1. The highest BCUT2D eigenvalue weighted by Crippen LogP contribution is 2.24. The number of nitro benzene ring substituents is 1. The zero-order valence-electron chi connectivity index (χ0n) is 25.7.